The molecule has 0 aliphatic carbocycles. The van der Waals surface area contributed by atoms with E-state index in [2.05, 4.69) is 5.32 Å². The van der Waals surface area contributed by atoms with Gasteiger partial charge in [-0.15, -0.1) is 0 Å². The van der Waals surface area contributed by atoms with Gasteiger partial charge < -0.3 is 10.4 Å². The molecule has 106 valence electrons. The SMILES string of the molecule is OCC[C@H](c1c(F)cc(Cl)cc1F)N1CCNCC1. The first kappa shape index (κ1) is 14.7. The summed E-state index contributed by atoms with van der Waals surface area (Å²) < 4.78 is 28.0. The van der Waals surface area contributed by atoms with E-state index >= 15 is 0 Å². The van der Waals surface area contributed by atoms with Crippen molar-refractivity contribution in [3.8, 4) is 0 Å². The predicted octanol–water partition coefficient (Wildman–Crippen LogP) is 1.95. The summed E-state index contributed by atoms with van der Waals surface area (Å²) in [6, 6.07) is 1.78. The van der Waals surface area contributed by atoms with Gasteiger partial charge in [0.25, 0.3) is 0 Å². The molecule has 1 atom stereocenters. The van der Waals surface area contributed by atoms with Crippen LogP contribution in [0.25, 0.3) is 0 Å². The minimum atomic E-state index is -0.651. The maximum absolute atomic E-state index is 14.0. The third-order valence-corrected chi connectivity index (χ3v) is 3.59. The molecule has 6 heteroatoms. The Morgan fingerprint density at radius 1 is 1.26 bits per heavy atom. The maximum Gasteiger partial charge on any atom is 0.132 e. The van der Waals surface area contributed by atoms with Crippen LogP contribution in [0.3, 0.4) is 0 Å². The van der Waals surface area contributed by atoms with Gasteiger partial charge in [0.2, 0.25) is 0 Å². The van der Waals surface area contributed by atoms with Crippen LogP contribution in [0.4, 0.5) is 8.78 Å². The highest BCUT2D eigenvalue weighted by molar-refractivity contribution is 6.30. The molecule has 2 rings (SSSR count). The Morgan fingerprint density at radius 2 is 1.84 bits per heavy atom. The summed E-state index contributed by atoms with van der Waals surface area (Å²) in [5.41, 5.74) is 0.000324. The summed E-state index contributed by atoms with van der Waals surface area (Å²) in [4.78, 5) is 1.99. The van der Waals surface area contributed by atoms with Crippen molar-refractivity contribution in [1.29, 1.82) is 0 Å². The number of hydrogen-bond donors (Lipinski definition) is 2. The monoisotopic (exact) mass is 290 g/mol. The first-order valence-electron chi connectivity index (χ1n) is 6.33. The van der Waals surface area contributed by atoms with Crippen LogP contribution in [0.2, 0.25) is 5.02 Å². The molecule has 2 N–H and O–H groups in total. The highest BCUT2D eigenvalue weighted by atomic mass is 35.5. The fraction of sp³-hybridized carbons (Fsp3) is 0.538. The van der Waals surface area contributed by atoms with Crippen LogP contribution in [0.1, 0.15) is 18.0 Å². The molecule has 0 unspecified atom stereocenters. The Morgan fingerprint density at radius 3 is 2.37 bits per heavy atom. The minimum Gasteiger partial charge on any atom is -0.396 e. The molecule has 1 aromatic carbocycles. The van der Waals surface area contributed by atoms with E-state index < -0.39 is 17.7 Å². The van der Waals surface area contributed by atoms with Gasteiger partial charge in [0, 0.05) is 49.4 Å². The van der Waals surface area contributed by atoms with Crippen molar-refractivity contribution < 1.29 is 13.9 Å². The molecule has 0 bridgehead atoms. The standard InChI is InChI=1S/C13H17ClF2N2O/c14-9-7-10(15)13(11(16)8-9)12(1-6-19)18-4-2-17-3-5-18/h7-8,12,17,19H,1-6H2/t12-/m1/s1. The van der Waals surface area contributed by atoms with Gasteiger partial charge in [-0.05, 0) is 18.6 Å². The molecule has 1 aromatic rings. The van der Waals surface area contributed by atoms with Crippen molar-refractivity contribution in [2.24, 2.45) is 0 Å². The number of nitrogens with zero attached hydrogens (tertiary/aromatic N) is 1. The van der Waals surface area contributed by atoms with Crippen LogP contribution in [-0.2, 0) is 0 Å². The third kappa shape index (κ3) is 3.42. The lowest BCUT2D eigenvalue weighted by Gasteiger charge is -2.35. The van der Waals surface area contributed by atoms with Crippen LogP contribution in [0.5, 0.6) is 0 Å². The van der Waals surface area contributed by atoms with Crippen LogP contribution < -0.4 is 5.32 Å². The van der Waals surface area contributed by atoms with Crippen LogP contribution >= 0.6 is 11.6 Å². The van der Waals surface area contributed by atoms with Crippen molar-refractivity contribution >= 4 is 11.6 Å². The van der Waals surface area contributed by atoms with Gasteiger partial charge >= 0.3 is 0 Å². The summed E-state index contributed by atoms with van der Waals surface area (Å²) in [6.45, 7) is 2.84. The van der Waals surface area contributed by atoms with Gasteiger partial charge in [0.05, 0.1) is 0 Å². The number of rotatable bonds is 4. The summed E-state index contributed by atoms with van der Waals surface area (Å²) in [5, 5.41) is 12.4. The summed E-state index contributed by atoms with van der Waals surface area (Å²) >= 11 is 5.64. The Balaban J connectivity index is 2.32. The topological polar surface area (TPSA) is 35.5 Å². The van der Waals surface area contributed by atoms with E-state index in [4.69, 9.17) is 16.7 Å². The predicted molar refractivity (Wildman–Crippen MR) is 70.3 cm³/mol. The number of piperazine rings is 1. The highest BCUT2D eigenvalue weighted by Gasteiger charge is 2.27. The van der Waals surface area contributed by atoms with Gasteiger partial charge in [0.1, 0.15) is 11.6 Å². The molecule has 1 aliphatic heterocycles. The zero-order valence-electron chi connectivity index (χ0n) is 10.5. The zero-order valence-corrected chi connectivity index (χ0v) is 11.3. The average molecular weight is 291 g/mol. The molecule has 1 saturated heterocycles. The highest BCUT2D eigenvalue weighted by Crippen LogP contribution is 2.31. The molecule has 19 heavy (non-hydrogen) atoms. The Kier molecular flexibility index (Phi) is 5.10. The van der Waals surface area contributed by atoms with Crippen molar-refractivity contribution in [3.05, 3.63) is 34.4 Å². The largest absolute Gasteiger partial charge is 0.396 e. The van der Waals surface area contributed by atoms with Crippen molar-refractivity contribution in [1.82, 2.24) is 10.2 Å². The Hall–Kier alpha value is -0.750. The molecule has 0 amide bonds. The Labute approximate surface area is 116 Å². The molecule has 1 heterocycles. The van der Waals surface area contributed by atoms with Gasteiger partial charge in [-0.2, -0.15) is 0 Å². The summed E-state index contributed by atoms with van der Waals surface area (Å²) in [5.74, 6) is -1.30. The van der Waals surface area contributed by atoms with Gasteiger partial charge in [0.15, 0.2) is 0 Å². The number of halogens is 3. The second kappa shape index (κ2) is 6.61. The van der Waals surface area contributed by atoms with E-state index in [9.17, 15) is 8.78 Å². The Bertz CT molecular complexity index is 416. The van der Waals surface area contributed by atoms with Gasteiger partial charge in [-0.3, -0.25) is 4.90 Å². The first-order valence-corrected chi connectivity index (χ1v) is 6.71. The number of nitrogens with one attached hydrogen (secondary N) is 1. The van der Waals surface area contributed by atoms with Crippen molar-refractivity contribution in [2.45, 2.75) is 12.5 Å². The first-order chi connectivity index (χ1) is 9.13. The average Bonchev–Trinajstić information content (AvgIpc) is 2.37. The molecular formula is C13H17ClF2N2O. The molecule has 3 nitrogen and oxygen atoms in total. The molecule has 0 spiro atoms. The van der Waals surface area contributed by atoms with E-state index in [1.165, 1.54) is 0 Å². The quantitative estimate of drug-likeness (QED) is 0.890. The van der Waals surface area contributed by atoms with Crippen molar-refractivity contribution in [2.75, 3.05) is 32.8 Å². The van der Waals surface area contributed by atoms with Gasteiger partial charge in [-0.25, -0.2) is 8.78 Å². The van der Waals surface area contributed by atoms with Crippen LogP contribution in [-0.4, -0.2) is 42.8 Å². The lowest BCUT2D eigenvalue weighted by molar-refractivity contribution is 0.135. The van der Waals surface area contributed by atoms with Crippen molar-refractivity contribution in [3.63, 3.8) is 0 Å². The van der Waals surface area contributed by atoms with E-state index in [1.807, 2.05) is 4.90 Å². The molecule has 0 aromatic heterocycles. The molecule has 0 saturated carbocycles. The second-order valence-electron chi connectivity index (χ2n) is 4.60. The zero-order chi connectivity index (χ0) is 13.8. The number of hydrogen-bond acceptors (Lipinski definition) is 3. The maximum atomic E-state index is 14.0. The molecule has 0 radical (unpaired) electrons. The number of benzene rings is 1. The normalized spacial score (nSPS) is 18.5. The summed E-state index contributed by atoms with van der Waals surface area (Å²) in [7, 11) is 0. The van der Waals surface area contributed by atoms with E-state index in [-0.39, 0.29) is 17.2 Å². The molecular weight excluding hydrogens is 274 g/mol. The van der Waals surface area contributed by atoms with E-state index in [0.717, 1.165) is 25.2 Å². The number of aliphatic hydroxyl groups excluding tert-OH is 1. The van der Waals surface area contributed by atoms with Crippen LogP contribution in [0.15, 0.2) is 12.1 Å². The van der Waals surface area contributed by atoms with E-state index in [1.54, 1.807) is 0 Å². The molecule has 1 fully saturated rings. The van der Waals surface area contributed by atoms with E-state index in [0.29, 0.717) is 19.5 Å². The second-order valence-corrected chi connectivity index (χ2v) is 5.03. The fourth-order valence-corrected chi connectivity index (χ4v) is 2.69. The molecule has 1 aliphatic rings. The van der Waals surface area contributed by atoms with Gasteiger partial charge in [-0.1, -0.05) is 11.6 Å². The fourth-order valence-electron chi connectivity index (χ4n) is 2.50. The third-order valence-electron chi connectivity index (χ3n) is 3.37. The smallest absolute Gasteiger partial charge is 0.132 e. The summed E-state index contributed by atoms with van der Waals surface area (Å²) in [6.07, 6.45) is 0.301. The lowest BCUT2D eigenvalue weighted by Crippen LogP contribution is -2.45. The lowest BCUT2D eigenvalue weighted by atomic mass is 10.00. The number of aliphatic hydroxyl groups is 1. The van der Waals surface area contributed by atoms with Crippen LogP contribution in [0, 0.1) is 11.6 Å². The minimum absolute atomic E-state index is 0.000324.